The molecule has 3 heterocycles. The molecule has 2 aromatic carbocycles. The number of hydrogen-bond donors (Lipinski definition) is 6. The first kappa shape index (κ1) is 29.5. The van der Waals surface area contributed by atoms with Crippen LogP contribution in [0.25, 0.3) is 11.0 Å². The standard InChI is InChI=1S/C28H32N6O6S2/c1-18(2)13-16-34-27-21(9-6-14-29-27)25(35)24(28(34)36)26-31-22-11-10-20(17-23(22)41(37,38)33-26)32-42(39,40)30-15-12-19-7-4-3-5-8-19/h3-11,14,17-18,30,32,35,37-38H,12-13,15-16H2,1-2H3,(H,31,33). The second-order valence-corrected chi connectivity index (χ2v) is 13.4. The summed E-state index contributed by atoms with van der Waals surface area (Å²) < 4.78 is 57.5. The Morgan fingerprint density at radius 3 is 2.57 bits per heavy atom. The molecule has 0 aliphatic carbocycles. The van der Waals surface area contributed by atoms with Crippen molar-refractivity contribution in [1.29, 1.82) is 0 Å². The summed E-state index contributed by atoms with van der Waals surface area (Å²) in [6, 6.07) is 16.8. The number of rotatable bonds is 10. The van der Waals surface area contributed by atoms with Crippen LogP contribution < -0.4 is 20.3 Å². The van der Waals surface area contributed by atoms with E-state index in [-0.39, 0.29) is 40.0 Å². The van der Waals surface area contributed by atoms with Crippen molar-refractivity contribution in [2.75, 3.05) is 16.6 Å². The lowest BCUT2D eigenvalue weighted by Crippen LogP contribution is -2.33. The van der Waals surface area contributed by atoms with E-state index in [0.717, 1.165) is 5.56 Å². The van der Waals surface area contributed by atoms with Crippen LogP contribution in [0.3, 0.4) is 0 Å². The van der Waals surface area contributed by atoms with Gasteiger partial charge in [-0.05, 0) is 54.7 Å². The molecule has 12 nitrogen and oxygen atoms in total. The third-order valence-electron chi connectivity index (χ3n) is 6.71. The Balaban J connectivity index is 1.43. The zero-order chi connectivity index (χ0) is 30.1. The summed E-state index contributed by atoms with van der Waals surface area (Å²) in [6.07, 6.45) is 2.69. The van der Waals surface area contributed by atoms with Crippen LogP contribution in [0, 0.1) is 5.92 Å². The quantitative estimate of drug-likeness (QED) is 0.151. The van der Waals surface area contributed by atoms with Crippen molar-refractivity contribution in [3.8, 4) is 5.75 Å². The summed E-state index contributed by atoms with van der Waals surface area (Å²) in [7, 11) is -7.86. The number of fused-ring (bicyclic) bond motifs is 2. The Bertz CT molecular complexity index is 1820. The zero-order valence-electron chi connectivity index (χ0n) is 23.0. The minimum Gasteiger partial charge on any atom is -0.506 e. The minimum absolute atomic E-state index is 0.0715. The second kappa shape index (κ2) is 11.7. The molecule has 5 rings (SSSR count). The average molecular weight is 613 g/mol. The fourth-order valence-electron chi connectivity index (χ4n) is 4.59. The topological polar surface area (TPSA) is 178 Å². The van der Waals surface area contributed by atoms with Gasteiger partial charge in [-0.15, -0.1) is 4.40 Å². The van der Waals surface area contributed by atoms with Gasteiger partial charge < -0.3 is 10.4 Å². The summed E-state index contributed by atoms with van der Waals surface area (Å²) in [5, 5.41) is 14.3. The van der Waals surface area contributed by atoms with Gasteiger partial charge in [0.2, 0.25) is 0 Å². The van der Waals surface area contributed by atoms with E-state index >= 15 is 0 Å². The number of amidine groups is 1. The van der Waals surface area contributed by atoms with Crippen molar-refractivity contribution in [2.24, 2.45) is 10.3 Å². The van der Waals surface area contributed by atoms with E-state index in [1.165, 1.54) is 29.0 Å². The molecule has 0 saturated heterocycles. The maximum atomic E-state index is 13.6. The first-order valence-corrected chi connectivity index (χ1v) is 16.3. The summed E-state index contributed by atoms with van der Waals surface area (Å²) >= 11 is 0. The lowest BCUT2D eigenvalue weighted by molar-refractivity contribution is 0.473. The van der Waals surface area contributed by atoms with Crippen LogP contribution in [0.15, 0.2) is 80.9 Å². The number of hydrogen-bond acceptors (Lipinski definition) is 9. The first-order valence-electron chi connectivity index (χ1n) is 13.3. The van der Waals surface area contributed by atoms with Crippen LogP contribution in [0.1, 0.15) is 31.4 Å². The molecule has 0 radical (unpaired) electrons. The molecule has 0 saturated carbocycles. The van der Waals surface area contributed by atoms with Gasteiger partial charge in [-0.3, -0.25) is 23.2 Å². The van der Waals surface area contributed by atoms with E-state index in [2.05, 4.69) is 24.1 Å². The van der Waals surface area contributed by atoms with Gasteiger partial charge in [0.15, 0.2) is 5.84 Å². The van der Waals surface area contributed by atoms with Crippen LogP contribution >= 0.6 is 10.8 Å². The monoisotopic (exact) mass is 612 g/mol. The average Bonchev–Trinajstić information content (AvgIpc) is 2.93. The molecule has 14 heteroatoms. The normalized spacial score (nSPS) is 15.1. The highest BCUT2D eigenvalue weighted by Crippen LogP contribution is 2.56. The second-order valence-electron chi connectivity index (χ2n) is 10.3. The van der Waals surface area contributed by atoms with Gasteiger partial charge in [0.05, 0.1) is 16.8 Å². The van der Waals surface area contributed by atoms with E-state index in [1.54, 1.807) is 12.1 Å². The molecule has 2 aromatic heterocycles. The lowest BCUT2D eigenvalue weighted by Gasteiger charge is -2.34. The largest absolute Gasteiger partial charge is 0.506 e. The van der Waals surface area contributed by atoms with E-state index in [9.17, 15) is 27.4 Å². The van der Waals surface area contributed by atoms with Crippen LogP contribution in [0.4, 0.5) is 11.4 Å². The van der Waals surface area contributed by atoms with Gasteiger partial charge in [-0.25, -0.2) is 4.98 Å². The van der Waals surface area contributed by atoms with Crippen molar-refractivity contribution in [3.05, 3.63) is 88.3 Å². The van der Waals surface area contributed by atoms with Crippen LogP contribution in [0.5, 0.6) is 5.75 Å². The lowest BCUT2D eigenvalue weighted by atomic mass is 10.1. The molecule has 1 aliphatic heterocycles. The van der Waals surface area contributed by atoms with Crippen molar-refractivity contribution in [2.45, 2.75) is 38.1 Å². The maximum Gasteiger partial charge on any atom is 0.299 e. The molecule has 6 N–H and O–H groups in total. The molecule has 0 unspecified atom stereocenters. The highest BCUT2D eigenvalue weighted by molar-refractivity contribution is 8.23. The van der Waals surface area contributed by atoms with E-state index in [1.807, 2.05) is 44.2 Å². The van der Waals surface area contributed by atoms with E-state index < -0.39 is 26.5 Å². The highest BCUT2D eigenvalue weighted by atomic mass is 32.3. The number of aryl methyl sites for hydroxylation is 1. The molecule has 0 bridgehead atoms. The van der Waals surface area contributed by atoms with Crippen LogP contribution in [-0.4, -0.2) is 44.6 Å². The third kappa shape index (κ3) is 6.27. The minimum atomic E-state index is -3.96. The number of nitrogens with zero attached hydrogens (tertiary/aromatic N) is 3. The maximum absolute atomic E-state index is 13.6. The Morgan fingerprint density at radius 2 is 1.83 bits per heavy atom. The number of aromatic nitrogens is 2. The van der Waals surface area contributed by atoms with Crippen molar-refractivity contribution in [3.63, 3.8) is 0 Å². The third-order valence-corrected chi connectivity index (χ3v) is 9.16. The highest BCUT2D eigenvalue weighted by Gasteiger charge is 2.31. The number of anilines is 2. The van der Waals surface area contributed by atoms with Crippen molar-refractivity contribution >= 4 is 49.2 Å². The van der Waals surface area contributed by atoms with Crippen molar-refractivity contribution < 1.29 is 22.6 Å². The van der Waals surface area contributed by atoms with Crippen molar-refractivity contribution in [1.82, 2.24) is 14.3 Å². The van der Waals surface area contributed by atoms with Gasteiger partial charge in [0.25, 0.3) is 15.8 Å². The van der Waals surface area contributed by atoms with Gasteiger partial charge in [0, 0.05) is 19.3 Å². The molecule has 0 spiro atoms. The number of aromatic hydroxyl groups is 1. The number of benzene rings is 2. The van der Waals surface area contributed by atoms with E-state index in [0.29, 0.717) is 36.3 Å². The summed E-state index contributed by atoms with van der Waals surface area (Å²) in [4.78, 5) is 17.9. The first-order chi connectivity index (χ1) is 19.9. The number of pyridine rings is 2. The molecular formula is C28H32N6O6S2. The Labute approximate surface area is 244 Å². The SMILES string of the molecule is CC(C)CCn1c(=O)c(C2=NS(O)(O)c3cc(NS(=O)(=O)NCCc4ccccc4)ccc3N2)c(O)c2cccnc21. The van der Waals surface area contributed by atoms with Gasteiger partial charge in [-0.2, -0.15) is 13.1 Å². The molecule has 0 amide bonds. The molecule has 1 aliphatic rings. The molecule has 0 atom stereocenters. The fraction of sp³-hybridized carbons (Fsp3) is 0.250. The number of nitrogens with one attached hydrogen (secondary N) is 3. The Morgan fingerprint density at radius 1 is 1.07 bits per heavy atom. The smallest absolute Gasteiger partial charge is 0.299 e. The molecular weight excluding hydrogens is 580 g/mol. The Hall–Kier alpha value is -3.95. The van der Waals surface area contributed by atoms with E-state index in [4.69, 9.17) is 0 Å². The van der Waals surface area contributed by atoms with Crippen LogP contribution in [-0.2, 0) is 23.2 Å². The molecule has 42 heavy (non-hydrogen) atoms. The Kier molecular flexibility index (Phi) is 8.25. The molecule has 0 fully saturated rings. The zero-order valence-corrected chi connectivity index (χ0v) is 24.6. The van der Waals surface area contributed by atoms with Gasteiger partial charge in [-0.1, -0.05) is 55.0 Å². The van der Waals surface area contributed by atoms with Gasteiger partial charge >= 0.3 is 0 Å². The predicted octanol–water partition coefficient (Wildman–Crippen LogP) is 4.53. The summed E-state index contributed by atoms with van der Waals surface area (Å²) in [5.41, 5.74) is 0.744. The predicted molar refractivity (Wildman–Crippen MR) is 166 cm³/mol. The summed E-state index contributed by atoms with van der Waals surface area (Å²) in [5.74, 6) is -0.313. The fourth-order valence-corrected chi connectivity index (χ4v) is 6.66. The summed E-state index contributed by atoms with van der Waals surface area (Å²) in [6.45, 7) is 4.54. The van der Waals surface area contributed by atoms with Crippen LogP contribution in [0.2, 0.25) is 0 Å². The van der Waals surface area contributed by atoms with Gasteiger partial charge in [0.1, 0.15) is 21.9 Å². The molecule has 222 valence electrons. The molecule has 4 aromatic rings.